The van der Waals surface area contributed by atoms with E-state index >= 15 is 0 Å². The van der Waals surface area contributed by atoms with Crippen LogP contribution in [0.1, 0.15) is 48.0 Å². The molecule has 6 heteroatoms. The number of hydrogen-bond acceptors (Lipinski definition) is 1. The number of halogens is 1. The molecule has 0 aliphatic heterocycles. The predicted octanol–water partition coefficient (Wildman–Crippen LogP) is 6.33. The summed E-state index contributed by atoms with van der Waals surface area (Å²) in [6, 6.07) is 0. The molecule has 4 atom stereocenters. The minimum absolute atomic E-state index is 0.216. The quantitative estimate of drug-likeness (QED) is 0.323. The Morgan fingerprint density at radius 2 is 1.72 bits per heavy atom. The van der Waals surface area contributed by atoms with Gasteiger partial charge >= 0.3 is 0 Å². The second-order valence-electron chi connectivity index (χ2n) is 7.97. The van der Waals surface area contributed by atoms with Crippen LogP contribution in [-0.2, 0) is 4.74 Å². The van der Waals surface area contributed by atoms with E-state index in [2.05, 4.69) is 40.3 Å². The fourth-order valence-corrected chi connectivity index (χ4v) is 15.3. The number of ether oxygens (including phenoxy) is 1. The highest BCUT2D eigenvalue weighted by Gasteiger charge is 2.49. The first-order valence-corrected chi connectivity index (χ1v) is 15.1. The van der Waals surface area contributed by atoms with Crippen molar-refractivity contribution in [1.82, 2.24) is 0 Å². The van der Waals surface area contributed by atoms with Crippen molar-refractivity contribution in [3.05, 3.63) is 11.4 Å². The van der Waals surface area contributed by atoms with Crippen LogP contribution in [0.2, 0.25) is 5.82 Å². The third kappa shape index (κ3) is 5.20. The highest BCUT2D eigenvalue weighted by Crippen LogP contribution is 2.67. The summed E-state index contributed by atoms with van der Waals surface area (Å²) in [6.45, 7) is 10.8. The third-order valence-electron chi connectivity index (χ3n) is 5.54. The lowest BCUT2D eigenvalue weighted by Gasteiger charge is -2.43. The zero-order valence-corrected chi connectivity index (χ0v) is 19.6. The summed E-state index contributed by atoms with van der Waals surface area (Å²) in [5.41, 5.74) is -0.0123. The van der Waals surface area contributed by atoms with Gasteiger partial charge in [0.2, 0.25) is 0 Å². The first kappa shape index (κ1) is 23.4. The lowest BCUT2D eigenvalue weighted by molar-refractivity contribution is -0.0644. The van der Waals surface area contributed by atoms with Gasteiger partial charge in [-0.05, 0) is 59.4 Å². The van der Waals surface area contributed by atoms with Gasteiger partial charge in [0.15, 0.2) is 0 Å². The molecule has 1 aliphatic carbocycles. The van der Waals surface area contributed by atoms with Crippen molar-refractivity contribution in [3.63, 3.8) is 0 Å². The monoisotopic (exact) mass is 402 g/mol. The Morgan fingerprint density at radius 1 is 1.28 bits per heavy atom. The molecule has 1 rings (SSSR count). The van der Waals surface area contributed by atoms with Gasteiger partial charge < -0.3 is 4.74 Å². The van der Waals surface area contributed by atoms with Crippen molar-refractivity contribution >= 4 is 48.7 Å². The molecule has 1 aliphatic rings. The molecule has 0 aromatic rings. The van der Waals surface area contributed by atoms with Gasteiger partial charge in [-0.15, -0.1) is 0 Å². The summed E-state index contributed by atoms with van der Waals surface area (Å²) in [7, 11) is 5.34. The molecule has 0 aromatic heterocycles. The molecule has 0 N–H and O–H groups in total. The lowest BCUT2D eigenvalue weighted by atomic mass is 9.84. The molecule has 140 valence electrons. The maximum Gasteiger partial charge on any atom is 0.129 e. The summed E-state index contributed by atoms with van der Waals surface area (Å²) in [6.07, 6.45) is 16.2. The van der Waals surface area contributed by atoms with Crippen molar-refractivity contribution in [2.24, 2.45) is 0 Å². The molecule has 0 saturated carbocycles. The van der Waals surface area contributed by atoms with Crippen molar-refractivity contribution in [2.45, 2.75) is 64.7 Å². The number of rotatable bonds is 9. The Balaban J connectivity index is 3.21. The van der Waals surface area contributed by atoms with Crippen LogP contribution in [-0.4, -0.2) is 61.8 Å². The standard InChI is InChI=1S/C19H35BFOP3/c1-10-23(7)13-25(9,14-24(8)11-2)18(4,5)22-19(6)12-16(20)17(21)15(19)3/h16H,7-14H2,1-6H3/q+2. The normalized spacial score (nSPS) is 28.0. The van der Waals surface area contributed by atoms with Crippen LogP contribution < -0.4 is 0 Å². The first-order chi connectivity index (χ1) is 11.3. The van der Waals surface area contributed by atoms with Gasteiger partial charge in [-0.3, -0.25) is 0 Å². The Kier molecular flexibility index (Phi) is 8.01. The highest BCUT2D eigenvalue weighted by molar-refractivity contribution is 7.89. The van der Waals surface area contributed by atoms with Crippen LogP contribution in [0.3, 0.4) is 0 Å². The molecule has 0 spiro atoms. The Morgan fingerprint density at radius 3 is 2.04 bits per heavy atom. The molecule has 2 radical (unpaired) electrons. The van der Waals surface area contributed by atoms with Crippen LogP contribution in [0, 0.1) is 0 Å². The molecular formula is C19H35BFOP3+2. The summed E-state index contributed by atoms with van der Waals surface area (Å²) in [5, 5.41) is -0.408. The van der Waals surface area contributed by atoms with Gasteiger partial charge in [0.25, 0.3) is 0 Å². The Hall–Kier alpha value is 0.335. The minimum atomic E-state index is -1.70. The van der Waals surface area contributed by atoms with E-state index in [-0.39, 0.29) is 20.9 Å². The van der Waals surface area contributed by atoms with E-state index in [9.17, 15) is 4.39 Å². The topological polar surface area (TPSA) is 9.23 Å². The maximum atomic E-state index is 14.3. The molecule has 25 heavy (non-hydrogen) atoms. The van der Waals surface area contributed by atoms with Gasteiger partial charge in [0, 0.05) is 6.89 Å². The molecule has 1 nitrogen and oxygen atoms in total. The molecule has 0 heterocycles. The first-order valence-electron chi connectivity index (χ1n) is 8.96. The van der Waals surface area contributed by atoms with E-state index in [1.807, 2.05) is 13.8 Å². The van der Waals surface area contributed by atoms with Crippen LogP contribution in [0.4, 0.5) is 4.39 Å². The van der Waals surface area contributed by atoms with Crippen molar-refractivity contribution in [1.29, 1.82) is 0 Å². The summed E-state index contributed by atoms with van der Waals surface area (Å²) < 4.78 is 20.9. The lowest BCUT2D eigenvalue weighted by Crippen LogP contribution is -2.39. The fraction of sp³-hybridized carbons (Fsp3) is 0.737. The van der Waals surface area contributed by atoms with Gasteiger partial charge in [0.05, 0.1) is 52.3 Å². The third-order valence-corrected chi connectivity index (χ3v) is 17.2. The van der Waals surface area contributed by atoms with E-state index in [0.29, 0.717) is 12.0 Å². The van der Waals surface area contributed by atoms with E-state index in [4.69, 9.17) is 18.9 Å². The van der Waals surface area contributed by atoms with Gasteiger partial charge in [-0.25, -0.2) is 4.39 Å². The predicted molar refractivity (Wildman–Crippen MR) is 124 cm³/mol. The summed E-state index contributed by atoms with van der Waals surface area (Å²) in [4.78, 5) is 0. The van der Waals surface area contributed by atoms with Crippen molar-refractivity contribution in [2.75, 3.05) is 24.1 Å². The van der Waals surface area contributed by atoms with Gasteiger partial charge in [0.1, 0.15) is 24.1 Å². The number of allylic oxidation sites excluding steroid dienone is 1. The second-order valence-corrected chi connectivity index (χ2v) is 17.5. The average Bonchev–Trinajstić information content (AvgIpc) is 2.69. The molecule has 0 saturated heterocycles. The molecule has 0 aromatic carbocycles. The largest absolute Gasteiger partial charge is 0.360 e. The molecular weight excluding hydrogens is 367 g/mol. The van der Waals surface area contributed by atoms with E-state index in [0.717, 1.165) is 24.1 Å². The summed E-state index contributed by atoms with van der Waals surface area (Å²) in [5.74, 6) is 1.33. The summed E-state index contributed by atoms with van der Waals surface area (Å²) >= 11 is 0. The van der Waals surface area contributed by atoms with Gasteiger partial charge in [-0.2, -0.15) is 0 Å². The molecule has 0 amide bonds. The Labute approximate surface area is 158 Å². The molecule has 4 unspecified atom stereocenters. The SMILES string of the molecule is [B]C1CC(C)(OC(C)(C)P(=C)(C[P+](=C)CC)C[P+](=C)CC)C(C)=C1F. The second kappa shape index (κ2) is 8.56. The van der Waals surface area contributed by atoms with Crippen LogP contribution in [0.25, 0.3) is 0 Å². The zero-order chi connectivity index (χ0) is 19.6. The van der Waals surface area contributed by atoms with Crippen LogP contribution >= 0.6 is 22.0 Å². The fourth-order valence-electron chi connectivity index (χ4n) is 3.31. The molecule has 0 bridgehead atoms. The molecule has 0 fully saturated rings. The zero-order valence-electron chi connectivity index (χ0n) is 16.9. The highest BCUT2D eigenvalue weighted by atomic mass is 31.2. The van der Waals surface area contributed by atoms with Crippen molar-refractivity contribution < 1.29 is 9.13 Å². The van der Waals surface area contributed by atoms with Crippen LogP contribution in [0.5, 0.6) is 0 Å². The van der Waals surface area contributed by atoms with E-state index in [1.165, 1.54) is 0 Å². The van der Waals surface area contributed by atoms with Gasteiger partial charge in [-0.1, -0.05) is 6.30 Å². The smallest absolute Gasteiger partial charge is 0.129 e. The van der Waals surface area contributed by atoms with Crippen LogP contribution in [0.15, 0.2) is 11.4 Å². The van der Waals surface area contributed by atoms with E-state index < -0.39 is 23.6 Å². The maximum absolute atomic E-state index is 14.3. The minimum Gasteiger partial charge on any atom is -0.360 e. The van der Waals surface area contributed by atoms with Crippen molar-refractivity contribution in [3.8, 4) is 0 Å². The Bertz CT molecular complexity index is 604. The average molecular weight is 402 g/mol. The van der Waals surface area contributed by atoms with E-state index in [1.54, 1.807) is 0 Å². The number of hydrogen-bond donors (Lipinski definition) is 0.